The molecular weight excluding hydrogens is 318 g/mol. The van der Waals surface area contributed by atoms with Crippen molar-refractivity contribution >= 4 is 22.6 Å². The third-order valence-electron chi connectivity index (χ3n) is 3.08. The number of hydrogen-bond acceptors (Lipinski definition) is 4. The molecule has 3 rings (SSSR count). The number of hydrogen-bond donors (Lipinski definition) is 2. The third kappa shape index (κ3) is 1.94. The van der Waals surface area contributed by atoms with Crippen molar-refractivity contribution in [2.75, 3.05) is 0 Å². The number of alkyl halides is 6. The Morgan fingerprint density at radius 1 is 0.773 bits per heavy atom. The fraction of sp³-hybridized carbons (Fsp3) is 0.167. The van der Waals surface area contributed by atoms with E-state index in [1.807, 2.05) is 0 Å². The van der Waals surface area contributed by atoms with E-state index in [0.29, 0.717) is 6.07 Å². The molecule has 2 N–H and O–H groups in total. The van der Waals surface area contributed by atoms with Crippen molar-refractivity contribution in [1.29, 1.82) is 0 Å². The Hall–Kier alpha value is -2.52. The zero-order valence-corrected chi connectivity index (χ0v) is 10.2. The fourth-order valence-electron chi connectivity index (χ4n) is 2.03. The summed E-state index contributed by atoms with van der Waals surface area (Å²) in [5, 5.41) is 17.8. The summed E-state index contributed by atoms with van der Waals surface area (Å²) in [6.45, 7) is 0. The van der Waals surface area contributed by atoms with Gasteiger partial charge in [0.2, 0.25) is 0 Å². The molecule has 10 heteroatoms. The second-order valence-electron chi connectivity index (χ2n) is 4.51. The molecule has 0 aliphatic heterocycles. The molecule has 0 fully saturated rings. The van der Waals surface area contributed by atoms with E-state index in [2.05, 4.69) is 9.97 Å². The van der Waals surface area contributed by atoms with Gasteiger partial charge in [0.05, 0.1) is 16.6 Å². The fourth-order valence-corrected chi connectivity index (χ4v) is 2.03. The number of aromatic nitrogens is 2. The Morgan fingerprint density at radius 2 is 1.32 bits per heavy atom. The van der Waals surface area contributed by atoms with Gasteiger partial charge in [-0.3, -0.25) is 0 Å². The van der Waals surface area contributed by atoms with Gasteiger partial charge < -0.3 is 10.2 Å². The molecular formula is C12H4F6N2O2. The molecule has 22 heavy (non-hydrogen) atoms. The molecule has 0 saturated carbocycles. The summed E-state index contributed by atoms with van der Waals surface area (Å²) in [7, 11) is 0. The first-order chi connectivity index (χ1) is 10.00. The Labute approximate surface area is 116 Å². The van der Waals surface area contributed by atoms with Gasteiger partial charge in [0.15, 0.2) is 11.5 Å². The molecule has 2 aromatic rings. The van der Waals surface area contributed by atoms with E-state index < -0.39 is 51.4 Å². The molecule has 1 aromatic carbocycles. The lowest BCUT2D eigenvalue weighted by Gasteiger charge is -2.15. The first-order valence-corrected chi connectivity index (χ1v) is 5.63. The van der Waals surface area contributed by atoms with Crippen LogP contribution in [0.1, 0.15) is 11.1 Å². The highest BCUT2D eigenvalue weighted by molar-refractivity contribution is 5.86. The zero-order valence-electron chi connectivity index (χ0n) is 10.2. The second kappa shape index (κ2) is 4.02. The number of fused-ring (bicyclic) bond motifs is 2. The quantitative estimate of drug-likeness (QED) is 0.728. The highest BCUT2D eigenvalue weighted by Crippen LogP contribution is 2.38. The number of aliphatic hydroxyl groups is 2. The van der Waals surface area contributed by atoms with Crippen LogP contribution in [-0.4, -0.2) is 20.2 Å². The molecule has 1 aliphatic carbocycles. The van der Waals surface area contributed by atoms with Crippen molar-refractivity contribution in [2.45, 2.75) is 12.4 Å². The predicted molar refractivity (Wildman–Crippen MR) is 60.9 cm³/mol. The lowest BCUT2D eigenvalue weighted by atomic mass is 10.1. The molecule has 0 bridgehead atoms. The summed E-state index contributed by atoms with van der Waals surface area (Å²) in [5.41, 5.74) is -4.67. The van der Waals surface area contributed by atoms with Gasteiger partial charge in [-0.15, -0.1) is 0 Å². The minimum absolute atomic E-state index is 0.0668. The molecule has 1 aromatic heterocycles. The predicted octanol–water partition coefficient (Wildman–Crippen LogP) is 2.01. The van der Waals surface area contributed by atoms with Gasteiger partial charge in [-0.2, -0.15) is 26.3 Å². The molecule has 0 amide bonds. The van der Waals surface area contributed by atoms with Crippen LogP contribution in [0.25, 0.3) is 22.6 Å². The number of rotatable bonds is 0. The standard InChI is InChI=1S/C12H4F6N2O2/c13-11(14,15)3-1-4(12(16,17)18)6-5(2-3)19-7-8(20-6)10(22)9(7)21/h1-2,21-22H. The Bertz CT molecular complexity index is 930. The molecule has 0 spiro atoms. The summed E-state index contributed by atoms with van der Waals surface area (Å²) in [6.07, 6.45) is -10.1. The largest absolute Gasteiger partial charge is 0.503 e. The van der Waals surface area contributed by atoms with Crippen LogP contribution in [0, 0.1) is 0 Å². The van der Waals surface area contributed by atoms with Crippen molar-refractivity contribution in [2.24, 2.45) is 0 Å². The van der Waals surface area contributed by atoms with Crippen LogP contribution >= 0.6 is 0 Å². The van der Waals surface area contributed by atoms with Crippen LogP contribution in [0.3, 0.4) is 0 Å². The minimum Gasteiger partial charge on any atom is -0.503 e. The van der Waals surface area contributed by atoms with Crippen LogP contribution in [-0.2, 0) is 12.4 Å². The van der Waals surface area contributed by atoms with Crippen LogP contribution in [0.5, 0.6) is 0 Å². The average molecular weight is 322 g/mol. The highest BCUT2D eigenvalue weighted by atomic mass is 19.4. The second-order valence-corrected chi connectivity index (χ2v) is 4.51. The zero-order chi connectivity index (χ0) is 16.4. The van der Waals surface area contributed by atoms with E-state index in [9.17, 15) is 36.6 Å². The number of benzene rings is 1. The third-order valence-corrected chi connectivity index (χ3v) is 3.08. The normalized spacial score (nSPS) is 15.0. The molecule has 116 valence electrons. The monoisotopic (exact) mass is 322 g/mol. The van der Waals surface area contributed by atoms with Gasteiger partial charge in [0.25, 0.3) is 0 Å². The molecule has 4 nitrogen and oxygen atoms in total. The number of aliphatic hydroxyl groups excluding tert-OH is 2. The smallest absolute Gasteiger partial charge is 0.418 e. The molecule has 0 saturated heterocycles. The highest BCUT2D eigenvalue weighted by Gasteiger charge is 2.39. The molecule has 0 unspecified atom stereocenters. The SMILES string of the molecule is OC1=c2nc3cc(C(F)(F)F)cc(C(F)(F)F)c3nc2=C1O. The molecule has 1 heterocycles. The lowest BCUT2D eigenvalue weighted by Crippen LogP contribution is -2.44. The topological polar surface area (TPSA) is 66.2 Å². The Kier molecular flexibility index (Phi) is 2.63. The maximum Gasteiger partial charge on any atom is 0.418 e. The summed E-state index contributed by atoms with van der Waals surface area (Å²) < 4.78 is 77.0. The van der Waals surface area contributed by atoms with Crippen LogP contribution in [0.2, 0.25) is 0 Å². The van der Waals surface area contributed by atoms with E-state index in [1.54, 1.807) is 0 Å². The number of nitrogens with zero attached hydrogens (tertiary/aromatic N) is 2. The summed E-state index contributed by atoms with van der Waals surface area (Å²) >= 11 is 0. The van der Waals surface area contributed by atoms with Crippen LogP contribution < -0.4 is 10.7 Å². The lowest BCUT2D eigenvalue weighted by molar-refractivity contribution is -0.142. The Balaban J connectivity index is 2.46. The van der Waals surface area contributed by atoms with E-state index in [-0.39, 0.29) is 11.4 Å². The van der Waals surface area contributed by atoms with Gasteiger partial charge in [-0.05, 0) is 12.1 Å². The van der Waals surface area contributed by atoms with Crippen LogP contribution in [0.15, 0.2) is 12.1 Å². The maximum atomic E-state index is 13.0. The van der Waals surface area contributed by atoms with Crippen molar-refractivity contribution < 1.29 is 36.6 Å². The van der Waals surface area contributed by atoms with E-state index in [1.165, 1.54) is 0 Å². The summed E-state index contributed by atoms with van der Waals surface area (Å²) in [4.78, 5) is 6.98. The first-order valence-electron chi connectivity index (χ1n) is 5.63. The molecule has 0 atom stereocenters. The van der Waals surface area contributed by atoms with E-state index >= 15 is 0 Å². The summed E-state index contributed by atoms with van der Waals surface area (Å²) in [6, 6.07) is 0.337. The molecule has 1 aliphatic rings. The van der Waals surface area contributed by atoms with Gasteiger partial charge in [-0.1, -0.05) is 0 Å². The van der Waals surface area contributed by atoms with Gasteiger partial charge in [0.1, 0.15) is 16.2 Å². The van der Waals surface area contributed by atoms with E-state index in [0.717, 1.165) is 0 Å². The van der Waals surface area contributed by atoms with Crippen molar-refractivity contribution in [3.63, 3.8) is 0 Å². The van der Waals surface area contributed by atoms with Crippen molar-refractivity contribution in [1.82, 2.24) is 9.97 Å². The molecule has 0 radical (unpaired) electrons. The van der Waals surface area contributed by atoms with Crippen molar-refractivity contribution in [3.05, 3.63) is 34.0 Å². The van der Waals surface area contributed by atoms with Gasteiger partial charge in [0, 0.05) is 0 Å². The number of halogens is 6. The first kappa shape index (κ1) is 14.4. The van der Waals surface area contributed by atoms with Crippen molar-refractivity contribution in [3.8, 4) is 0 Å². The van der Waals surface area contributed by atoms with Gasteiger partial charge in [-0.25, -0.2) is 9.97 Å². The van der Waals surface area contributed by atoms with Crippen LogP contribution in [0.4, 0.5) is 26.3 Å². The maximum absolute atomic E-state index is 13.0. The average Bonchev–Trinajstić information content (AvgIpc) is 2.41. The summed E-state index contributed by atoms with van der Waals surface area (Å²) in [5.74, 6) is -1.48. The van der Waals surface area contributed by atoms with Gasteiger partial charge >= 0.3 is 12.4 Å². The Morgan fingerprint density at radius 3 is 1.82 bits per heavy atom. The minimum atomic E-state index is -5.09. The van der Waals surface area contributed by atoms with E-state index in [4.69, 9.17) is 0 Å².